The summed E-state index contributed by atoms with van der Waals surface area (Å²) in [4.78, 5) is 71.1. The lowest BCUT2D eigenvalue weighted by Crippen LogP contribution is -2.52. The van der Waals surface area contributed by atoms with Gasteiger partial charge in [0.25, 0.3) is 0 Å². The van der Waals surface area contributed by atoms with Crippen LogP contribution in [0.2, 0.25) is 0 Å². The van der Waals surface area contributed by atoms with E-state index in [9.17, 15) is 24.3 Å². The van der Waals surface area contributed by atoms with E-state index in [2.05, 4.69) is 55.0 Å². The number of ether oxygens (including phenoxy) is 2. The number of para-hydroxylation sites is 1. The van der Waals surface area contributed by atoms with Gasteiger partial charge in [-0.2, -0.15) is 9.97 Å². The largest absolute Gasteiger partial charge is 0.465 e. The number of fused-ring (bicyclic) bond motifs is 6. The molecule has 0 saturated carbocycles. The minimum atomic E-state index is -0.964. The molecule has 2 bridgehead atoms. The molecule has 6 aromatic rings. The first-order valence-electron chi connectivity index (χ1n) is 26.5. The van der Waals surface area contributed by atoms with Gasteiger partial charge in [0.2, 0.25) is 11.8 Å². The fraction of sp³-hybridized carbons (Fsp3) is 0.431. The van der Waals surface area contributed by atoms with E-state index in [1.807, 2.05) is 0 Å². The minimum absolute atomic E-state index is 0.00686. The van der Waals surface area contributed by atoms with Crippen LogP contribution >= 0.6 is 0 Å². The van der Waals surface area contributed by atoms with Gasteiger partial charge in [0.1, 0.15) is 42.1 Å². The number of rotatable bonds is 10. The Balaban J connectivity index is 0.742. The lowest BCUT2D eigenvalue weighted by molar-refractivity contribution is -0.135. The van der Waals surface area contributed by atoms with E-state index < -0.39 is 29.7 Å². The zero-order chi connectivity index (χ0) is 53.1. The minimum Gasteiger partial charge on any atom is -0.465 e. The molecule has 17 nitrogen and oxygen atoms in total. The van der Waals surface area contributed by atoms with E-state index in [0.717, 1.165) is 45.1 Å². The van der Waals surface area contributed by atoms with Crippen molar-refractivity contribution in [3.05, 3.63) is 88.0 Å². The lowest BCUT2D eigenvalue weighted by Gasteiger charge is -2.41. The van der Waals surface area contributed by atoms with Gasteiger partial charge in [-0.15, -0.1) is 6.42 Å². The first-order chi connectivity index (χ1) is 37.4. The molecule has 77 heavy (non-hydrogen) atoms. The number of carbonyl (C=O) groups is 3. The molecular weight excluding hydrogens is 987 g/mol. The number of imidazole rings is 1. The van der Waals surface area contributed by atoms with Gasteiger partial charge in [0.05, 0.1) is 39.2 Å². The number of pyridine rings is 1. The molecule has 394 valence electrons. The number of terminal acetylenes is 1. The molecule has 5 unspecified atom stereocenters. The molecule has 6 aliphatic heterocycles. The monoisotopic (exact) mass is 1040 g/mol. The molecule has 6 saturated heterocycles. The van der Waals surface area contributed by atoms with Crippen LogP contribution in [-0.2, 0) is 21.4 Å². The van der Waals surface area contributed by atoms with Crippen LogP contribution in [0.3, 0.4) is 0 Å². The molecule has 12 rings (SSSR count). The number of carboxylic acid groups (broad SMARTS) is 1. The number of benzene rings is 3. The second kappa shape index (κ2) is 20.2. The summed E-state index contributed by atoms with van der Waals surface area (Å²) in [6.07, 6.45) is 13.8. The molecule has 3 N–H and O–H groups in total. The van der Waals surface area contributed by atoms with Gasteiger partial charge < -0.3 is 29.7 Å². The highest BCUT2D eigenvalue weighted by Crippen LogP contribution is 2.45. The topological polar surface area (TPSA) is 189 Å². The van der Waals surface area contributed by atoms with E-state index in [0.29, 0.717) is 83.0 Å². The normalized spacial score (nSPS) is 25.1. The molecule has 7 atom stereocenters. The first-order valence-corrected chi connectivity index (χ1v) is 26.5. The number of imide groups is 1. The molecule has 6 fully saturated rings. The van der Waals surface area contributed by atoms with Crippen LogP contribution in [0.25, 0.3) is 44.0 Å². The molecule has 19 heteroatoms. The number of halogens is 2. The van der Waals surface area contributed by atoms with Crippen LogP contribution in [0.4, 0.5) is 19.4 Å². The Bertz CT molecular complexity index is 3650. The number of likely N-dealkylation sites (tertiary alicyclic amines) is 1. The number of anilines is 1. The third kappa shape index (κ3) is 9.08. The number of hydrogen-bond acceptors (Lipinski definition) is 12. The molecule has 9 heterocycles. The Morgan fingerprint density at radius 3 is 2.60 bits per heavy atom. The highest BCUT2D eigenvalue weighted by atomic mass is 19.1. The van der Waals surface area contributed by atoms with Crippen molar-refractivity contribution in [3.63, 3.8) is 0 Å². The molecule has 3 aromatic heterocycles. The second-order valence-corrected chi connectivity index (χ2v) is 21.3. The summed E-state index contributed by atoms with van der Waals surface area (Å²) in [5.41, 5.74) is 1.33. The maximum absolute atomic E-state index is 17.3. The zero-order valence-corrected chi connectivity index (χ0v) is 42.5. The summed E-state index contributed by atoms with van der Waals surface area (Å²) in [5.74, 6) is 12.6. The molecule has 3 aromatic carbocycles. The average molecular weight is 1040 g/mol. The Kier molecular flexibility index (Phi) is 13.1. The number of aromatic nitrogens is 5. The van der Waals surface area contributed by atoms with Crippen molar-refractivity contribution in [2.24, 2.45) is 7.05 Å². The number of aryl methyl sites for hydroxylation is 1. The van der Waals surface area contributed by atoms with Crippen molar-refractivity contribution >= 4 is 56.4 Å². The van der Waals surface area contributed by atoms with E-state index >= 15 is 8.78 Å². The van der Waals surface area contributed by atoms with Crippen LogP contribution in [0, 0.1) is 47.7 Å². The Morgan fingerprint density at radius 2 is 1.79 bits per heavy atom. The van der Waals surface area contributed by atoms with Crippen molar-refractivity contribution < 1.29 is 37.7 Å². The molecule has 0 radical (unpaired) electrons. The van der Waals surface area contributed by atoms with E-state index in [1.165, 1.54) is 20.1 Å². The number of nitrogens with one attached hydrogen (secondary N) is 2. The summed E-state index contributed by atoms with van der Waals surface area (Å²) < 4.78 is 48.1. The summed E-state index contributed by atoms with van der Waals surface area (Å²) in [6, 6.07) is 13.0. The lowest BCUT2D eigenvalue weighted by atomic mass is 9.92. The summed E-state index contributed by atoms with van der Waals surface area (Å²) in [7, 11) is 1.62. The van der Waals surface area contributed by atoms with Gasteiger partial charge in [-0.25, -0.2) is 18.4 Å². The maximum Gasteiger partial charge on any atom is 0.407 e. The molecule has 0 aliphatic carbocycles. The quantitative estimate of drug-likeness (QED) is 0.107. The summed E-state index contributed by atoms with van der Waals surface area (Å²) in [6.45, 7) is 2.86. The third-order valence-electron chi connectivity index (χ3n) is 16.9. The third-order valence-corrected chi connectivity index (χ3v) is 16.9. The summed E-state index contributed by atoms with van der Waals surface area (Å²) >= 11 is 0. The van der Waals surface area contributed by atoms with Crippen LogP contribution in [0.1, 0.15) is 87.8 Å². The number of amides is 3. The highest BCUT2D eigenvalue weighted by Gasteiger charge is 2.51. The number of hydrogen-bond donors (Lipinski definition) is 3. The smallest absolute Gasteiger partial charge is 0.407 e. The van der Waals surface area contributed by atoms with Crippen LogP contribution < -0.4 is 26.0 Å². The summed E-state index contributed by atoms with van der Waals surface area (Å²) in [5, 5.41) is 17.9. The van der Waals surface area contributed by atoms with Crippen molar-refractivity contribution in [3.8, 4) is 53.3 Å². The molecule has 6 aliphatic rings. The number of piperazine rings is 1. The van der Waals surface area contributed by atoms with Gasteiger partial charge >= 0.3 is 17.8 Å². The number of carbonyl (C=O) groups excluding carboxylic acids is 2. The predicted octanol–water partition coefficient (Wildman–Crippen LogP) is 6.02. The van der Waals surface area contributed by atoms with Crippen molar-refractivity contribution in [1.29, 1.82) is 0 Å². The standard InChI is InChI=1S/C58H56F2N10O7/c1-3-41-44(59)18-15-34-11-7-13-42(48(34)41)50-49(60)51-43(30-61-50)53(67-31-36-16-17-37(32-67)62-36)65-55(64-51)77-33-58-23-9-25-69(58)38(21-24-58)28-39-29-40(22-26-68(39)57(74)75)76-27-6-4-5-10-35-12-8-14-45-52(35)66(2)56(73)70(45)46-19-20-47(71)63-54(46)72/h1,7-8,11-15,18,30,36-40,46,62H,9,16-17,19-29,31-33H2,2H3,(H,74,75)(H,63,71,72)/t36?,37?,38-,39?,40?,46?,58-/m0/s1. The molecule has 0 spiro atoms. The van der Waals surface area contributed by atoms with Crippen molar-refractivity contribution in [2.75, 3.05) is 44.3 Å². The average Bonchev–Trinajstić information content (AvgIpc) is 4.24. The van der Waals surface area contributed by atoms with E-state index in [4.69, 9.17) is 25.9 Å². The molecular formula is C58H56F2N10O7. The van der Waals surface area contributed by atoms with Gasteiger partial charge in [0, 0.05) is 74.4 Å². The van der Waals surface area contributed by atoms with Gasteiger partial charge in [-0.05, 0) is 106 Å². The number of nitrogens with zero attached hydrogens (tertiary/aromatic N) is 8. The van der Waals surface area contributed by atoms with Gasteiger partial charge in [-0.1, -0.05) is 48.1 Å². The van der Waals surface area contributed by atoms with Crippen molar-refractivity contribution in [1.82, 2.24) is 44.5 Å². The second-order valence-electron chi connectivity index (χ2n) is 21.3. The van der Waals surface area contributed by atoms with Gasteiger partial charge in [0.15, 0.2) is 5.82 Å². The predicted molar refractivity (Wildman–Crippen MR) is 283 cm³/mol. The first kappa shape index (κ1) is 50.0. The Morgan fingerprint density at radius 1 is 0.961 bits per heavy atom. The number of piperidine rings is 2. The van der Waals surface area contributed by atoms with Gasteiger partial charge in [-0.3, -0.25) is 33.9 Å². The van der Waals surface area contributed by atoms with Crippen LogP contribution in [0.15, 0.2) is 59.5 Å². The van der Waals surface area contributed by atoms with E-state index in [-0.39, 0.29) is 96.2 Å². The SMILES string of the molecule is C#Cc1c(F)ccc2cccc(-c3ncc4c(N5CC6CCC(C5)N6)nc(OC[C@@]56CCCN5[C@H](CC5CC(OCC#CC#Cc7cccc8c7n(C)c(=O)n8C7CCC(=O)NC7=O)CCN5C(=O)O)CC6)nc4c3F)c12. The van der Waals surface area contributed by atoms with Crippen LogP contribution in [0.5, 0.6) is 6.01 Å². The Labute approximate surface area is 442 Å². The Hall–Kier alpha value is -7.89. The zero-order valence-electron chi connectivity index (χ0n) is 42.5. The fourth-order valence-corrected chi connectivity index (χ4v) is 13.3. The molecule has 3 amide bonds. The highest BCUT2D eigenvalue weighted by molar-refractivity contribution is 6.02. The van der Waals surface area contributed by atoms with Crippen LogP contribution in [-0.4, -0.2) is 132 Å². The van der Waals surface area contributed by atoms with E-state index in [1.54, 1.807) is 55.7 Å². The maximum atomic E-state index is 17.3. The van der Waals surface area contributed by atoms with Crippen molar-refractivity contribution in [2.45, 2.75) is 112 Å². The fourth-order valence-electron chi connectivity index (χ4n) is 13.3.